The third-order valence-electron chi connectivity index (χ3n) is 2.40. The molecular formula is C12H15N3O2. The molecule has 1 rings (SSSR count). The first-order valence-electron chi connectivity index (χ1n) is 5.12. The summed E-state index contributed by atoms with van der Waals surface area (Å²) in [6.07, 6.45) is 0. The SMILES string of the molecule is CNC(=O)CN(C)c1cc(OC)ccc1C#N. The molecule has 0 aliphatic carbocycles. The molecule has 17 heavy (non-hydrogen) atoms. The maximum absolute atomic E-state index is 11.3. The van der Waals surface area contributed by atoms with Crippen LogP contribution in [0.15, 0.2) is 18.2 Å². The van der Waals surface area contributed by atoms with Crippen LogP contribution in [0.4, 0.5) is 5.69 Å². The number of carbonyl (C=O) groups is 1. The normalized spacial score (nSPS) is 9.29. The first-order chi connectivity index (χ1) is 8.12. The van der Waals surface area contributed by atoms with Crippen molar-refractivity contribution in [2.45, 2.75) is 0 Å². The van der Waals surface area contributed by atoms with Crippen molar-refractivity contribution in [2.24, 2.45) is 0 Å². The van der Waals surface area contributed by atoms with Gasteiger partial charge in [-0.25, -0.2) is 0 Å². The smallest absolute Gasteiger partial charge is 0.239 e. The van der Waals surface area contributed by atoms with Crippen LogP contribution in [0.2, 0.25) is 0 Å². The number of nitrogens with one attached hydrogen (secondary N) is 1. The maximum atomic E-state index is 11.3. The second-order valence-corrected chi connectivity index (χ2v) is 3.52. The van der Waals surface area contributed by atoms with Gasteiger partial charge in [-0.15, -0.1) is 0 Å². The van der Waals surface area contributed by atoms with Crippen molar-refractivity contribution in [1.29, 1.82) is 5.26 Å². The van der Waals surface area contributed by atoms with Crippen LogP contribution in [0.25, 0.3) is 0 Å². The molecule has 0 aliphatic rings. The summed E-state index contributed by atoms with van der Waals surface area (Å²) in [5.74, 6) is 0.543. The largest absolute Gasteiger partial charge is 0.497 e. The molecule has 0 heterocycles. The zero-order valence-electron chi connectivity index (χ0n) is 10.2. The van der Waals surface area contributed by atoms with Gasteiger partial charge >= 0.3 is 0 Å². The van der Waals surface area contributed by atoms with E-state index in [0.29, 0.717) is 17.0 Å². The highest BCUT2D eigenvalue weighted by Crippen LogP contribution is 2.24. The lowest BCUT2D eigenvalue weighted by Gasteiger charge is -2.20. The first-order valence-corrected chi connectivity index (χ1v) is 5.12. The zero-order chi connectivity index (χ0) is 12.8. The van der Waals surface area contributed by atoms with E-state index in [1.54, 1.807) is 44.3 Å². The molecular weight excluding hydrogens is 218 g/mol. The van der Waals surface area contributed by atoms with Gasteiger partial charge in [-0.2, -0.15) is 5.26 Å². The van der Waals surface area contributed by atoms with E-state index in [1.807, 2.05) is 0 Å². The topological polar surface area (TPSA) is 65.4 Å². The Hall–Kier alpha value is -2.22. The minimum absolute atomic E-state index is 0.112. The highest BCUT2D eigenvalue weighted by molar-refractivity contribution is 5.81. The number of anilines is 1. The second kappa shape index (κ2) is 5.75. The molecule has 0 spiro atoms. The van der Waals surface area contributed by atoms with Crippen LogP contribution < -0.4 is 15.0 Å². The van der Waals surface area contributed by atoms with Crippen LogP contribution in [0.5, 0.6) is 5.75 Å². The predicted octanol–water partition coefficient (Wildman–Crippen LogP) is 0.749. The number of methoxy groups -OCH3 is 1. The molecule has 1 N–H and O–H groups in total. The summed E-state index contributed by atoms with van der Waals surface area (Å²) in [5, 5.41) is 11.5. The Labute approximate surface area is 101 Å². The molecule has 0 atom stereocenters. The quantitative estimate of drug-likeness (QED) is 0.833. The van der Waals surface area contributed by atoms with Gasteiger partial charge in [-0.3, -0.25) is 4.79 Å². The Kier molecular flexibility index (Phi) is 4.35. The summed E-state index contributed by atoms with van der Waals surface area (Å²) in [7, 11) is 4.89. The number of likely N-dealkylation sites (N-methyl/N-ethyl adjacent to an activating group) is 2. The van der Waals surface area contributed by atoms with Crippen molar-refractivity contribution in [1.82, 2.24) is 5.32 Å². The maximum Gasteiger partial charge on any atom is 0.239 e. The standard InChI is InChI=1S/C12H15N3O2/c1-14-12(16)8-15(2)11-6-10(17-3)5-4-9(11)7-13/h4-6H,8H2,1-3H3,(H,14,16). The minimum Gasteiger partial charge on any atom is -0.497 e. The molecule has 0 saturated heterocycles. The monoisotopic (exact) mass is 233 g/mol. The van der Waals surface area contributed by atoms with Gasteiger partial charge in [0.2, 0.25) is 5.91 Å². The number of rotatable bonds is 4. The van der Waals surface area contributed by atoms with Gasteiger partial charge in [0.25, 0.3) is 0 Å². The Morgan fingerprint density at radius 1 is 1.59 bits per heavy atom. The summed E-state index contributed by atoms with van der Waals surface area (Å²) < 4.78 is 5.10. The fourth-order valence-electron chi connectivity index (χ4n) is 1.43. The Balaban J connectivity index is 3.02. The van der Waals surface area contributed by atoms with Crippen LogP contribution in [-0.2, 0) is 4.79 Å². The van der Waals surface area contributed by atoms with E-state index in [9.17, 15) is 4.79 Å². The van der Waals surface area contributed by atoms with Crippen molar-refractivity contribution in [3.63, 3.8) is 0 Å². The third kappa shape index (κ3) is 3.11. The van der Waals surface area contributed by atoms with Gasteiger partial charge < -0.3 is 15.0 Å². The molecule has 90 valence electrons. The van der Waals surface area contributed by atoms with Crippen molar-refractivity contribution in [3.8, 4) is 11.8 Å². The van der Waals surface area contributed by atoms with Gasteiger partial charge in [0.15, 0.2) is 0 Å². The molecule has 0 bridgehead atoms. The number of ether oxygens (including phenoxy) is 1. The van der Waals surface area contributed by atoms with Crippen LogP contribution in [-0.4, -0.2) is 33.7 Å². The van der Waals surface area contributed by atoms with E-state index in [0.717, 1.165) is 0 Å². The van der Waals surface area contributed by atoms with E-state index in [2.05, 4.69) is 11.4 Å². The molecule has 0 saturated carbocycles. The van der Waals surface area contributed by atoms with E-state index in [-0.39, 0.29) is 12.5 Å². The van der Waals surface area contributed by atoms with Crippen molar-refractivity contribution in [3.05, 3.63) is 23.8 Å². The van der Waals surface area contributed by atoms with Crippen LogP contribution in [0.1, 0.15) is 5.56 Å². The lowest BCUT2D eigenvalue weighted by Crippen LogP contribution is -2.33. The summed E-state index contributed by atoms with van der Waals surface area (Å²) in [4.78, 5) is 13.0. The molecule has 0 unspecified atom stereocenters. The van der Waals surface area contributed by atoms with Crippen molar-refractivity contribution >= 4 is 11.6 Å². The van der Waals surface area contributed by atoms with Crippen LogP contribution in [0.3, 0.4) is 0 Å². The van der Waals surface area contributed by atoms with Gasteiger partial charge in [-0.05, 0) is 12.1 Å². The van der Waals surface area contributed by atoms with Crippen LogP contribution >= 0.6 is 0 Å². The zero-order valence-corrected chi connectivity index (χ0v) is 10.2. The Bertz CT molecular complexity index is 452. The number of nitriles is 1. The molecule has 0 radical (unpaired) electrons. The summed E-state index contributed by atoms with van der Waals surface area (Å²) in [6, 6.07) is 7.22. The number of nitrogens with zero attached hydrogens (tertiary/aromatic N) is 2. The molecule has 0 fully saturated rings. The fraction of sp³-hybridized carbons (Fsp3) is 0.333. The average molecular weight is 233 g/mol. The average Bonchev–Trinajstić information content (AvgIpc) is 2.37. The van der Waals surface area contributed by atoms with E-state index >= 15 is 0 Å². The summed E-state index contributed by atoms with van der Waals surface area (Å²) >= 11 is 0. The lowest BCUT2D eigenvalue weighted by molar-refractivity contribution is -0.119. The Morgan fingerprint density at radius 3 is 2.82 bits per heavy atom. The third-order valence-corrected chi connectivity index (χ3v) is 2.40. The number of amides is 1. The van der Waals surface area contributed by atoms with Crippen LogP contribution in [0, 0.1) is 11.3 Å². The van der Waals surface area contributed by atoms with Crippen molar-refractivity contribution < 1.29 is 9.53 Å². The number of carbonyl (C=O) groups excluding carboxylic acids is 1. The van der Waals surface area contributed by atoms with E-state index in [1.165, 1.54) is 0 Å². The molecule has 0 aromatic heterocycles. The molecule has 1 aromatic carbocycles. The highest BCUT2D eigenvalue weighted by atomic mass is 16.5. The minimum atomic E-state index is -0.112. The highest BCUT2D eigenvalue weighted by Gasteiger charge is 2.11. The fourth-order valence-corrected chi connectivity index (χ4v) is 1.43. The predicted molar refractivity (Wildman–Crippen MR) is 65.0 cm³/mol. The lowest BCUT2D eigenvalue weighted by atomic mass is 10.1. The van der Waals surface area contributed by atoms with Gasteiger partial charge in [0, 0.05) is 20.2 Å². The van der Waals surface area contributed by atoms with Gasteiger partial charge in [0.05, 0.1) is 24.9 Å². The van der Waals surface area contributed by atoms with Gasteiger partial charge in [0.1, 0.15) is 11.8 Å². The van der Waals surface area contributed by atoms with E-state index < -0.39 is 0 Å². The molecule has 1 amide bonds. The molecule has 5 heteroatoms. The second-order valence-electron chi connectivity index (χ2n) is 3.52. The molecule has 1 aromatic rings. The summed E-state index contributed by atoms with van der Waals surface area (Å²) in [6.45, 7) is 0.193. The van der Waals surface area contributed by atoms with Crippen molar-refractivity contribution in [2.75, 3.05) is 32.6 Å². The molecule has 5 nitrogen and oxygen atoms in total. The van der Waals surface area contributed by atoms with E-state index in [4.69, 9.17) is 10.00 Å². The number of hydrogen-bond donors (Lipinski definition) is 1. The Morgan fingerprint density at radius 2 is 2.29 bits per heavy atom. The van der Waals surface area contributed by atoms with Gasteiger partial charge in [-0.1, -0.05) is 0 Å². The number of benzene rings is 1. The molecule has 0 aliphatic heterocycles. The summed E-state index contributed by atoms with van der Waals surface area (Å²) in [5.41, 5.74) is 1.19. The number of hydrogen-bond acceptors (Lipinski definition) is 4. The first kappa shape index (κ1) is 12.8.